The molecule has 1 saturated heterocycles. The number of anilines is 2. The Hall–Kier alpha value is -4.29. The summed E-state index contributed by atoms with van der Waals surface area (Å²) < 4.78 is 0.854. The van der Waals surface area contributed by atoms with Crippen molar-refractivity contribution in [2.45, 2.75) is 37.8 Å². The summed E-state index contributed by atoms with van der Waals surface area (Å²) in [6.45, 7) is 4.34. The van der Waals surface area contributed by atoms with Crippen LogP contribution >= 0.6 is 15.9 Å². The summed E-state index contributed by atoms with van der Waals surface area (Å²) in [4.78, 5) is 46.3. The summed E-state index contributed by atoms with van der Waals surface area (Å²) in [7, 11) is 0. The number of carbonyl (C=O) groups is 3. The van der Waals surface area contributed by atoms with Gasteiger partial charge < -0.3 is 10.2 Å². The molecule has 0 aliphatic carbocycles. The summed E-state index contributed by atoms with van der Waals surface area (Å²) in [6.07, 6.45) is 4.93. The molecule has 1 spiro atoms. The van der Waals surface area contributed by atoms with Crippen molar-refractivity contribution in [1.29, 1.82) is 0 Å². The van der Waals surface area contributed by atoms with E-state index in [1.54, 1.807) is 12.1 Å². The Morgan fingerprint density at radius 3 is 2.26 bits per heavy atom. The molecular weight excluding hydrogens is 600 g/mol. The van der Waals surface area contributed by atoms with E-state index in [1.165, 1.54) is 0 Å². The number of rotatable bonds is 6. The molecule has 1 fully saturated rings. The zero-order valence-corrected chi connectivity index (χ0v) is 25.5. The molecular formula is C37H31BrN2O3. The Labute approximate surface area is 259 Å². The molecule has 1 amide bonds. The minimum Gasteiger partial charge on any atom is -0.352 e. The number of fused-ring (bicyclic) bond motifs is 5. The molecule has 1 N–H and O–H groups in total. The molecule has 0 bridgehead atoms. The number of hydrogen-bond acceptors (Lipinski definition) is 4. The fourth-order valence-electron chi connectivity index (χ4n) is 7.37. The highest BCUT2D eigenvalue weighted by atomic mass is 79.9. The van der Waals surface area contributed by atoms with Gasteiger partial charge in [-0.15, -0.1) is 0 Å². The molecule has 6 heteroatoms. The van der Waals surface area contributed by atoms with Crippen LogP contribution in [0.4, 0.5) is 11.4 Å². The lowest BCUT2D eigenvalue weighted by atomic mass is 9.63. The van der Waals surface area contributed by atoms with Gasteiger partial charge in [-0.3, -0.25) is 14.4 Å². The van der Waals surface area contributed by atoms with Crippen molar-refractivity contribution in [2.75, 3.05) is 10.2 Å². The van der Waals surface area contributed by atoms with Crippen LogP contribution in [0.25, 0.3) is 6.08 Å². The fraction of sp³-hybridized carbons (Fsp3) is 0.216. The quantitative estimate of drug-likeness (QED) is 0.224. The third kappa shape index (κ3) is 4.22. The minimum absolute atomic E-state index is 0.145. The van der Waals surface area contributed by atoms with E-state index in [-0.39, 0.29) is 17.5 Å². The highest BCUT2D eigenvalue weighted by molar-refractivity contribution is 9.10. The second kappa shape index (κ2) is 10.5. The van der Waals surface area contributed by atoms with Crippen molar-refractivity contribution in [3.05, 3.63) is 135 Å². The third-order valence-electron chi connectivity index (χ3n) is 9.09. The van der Waals surface area contributed by atoms with E-state index in [4.69, 9.17) is 0 Å². The van der Waals surface area contributed by atoms with E-state index in [0.29, 0.717) is 28.3 Å². The average Bonchev–Trinajstić information content (AvgIpc) is 3.48. The molecule has 0 aromatic heterocycles. The first-order valence-corrected chi connectivity index (χ1v) is 15.5. The number of hydrogen-bond donors (Lipinski definition) is 1. The van der Waals surface area contributed by atoms with Gasteiger partial charge in [0.15, 0.2) is 11.6 Å². The summed E-state index contributed by atoms with van der Waals surface area (Å²) in [5.74, 6) is -1.02. The molecule has 214 valence electrons. The normalized spacial score (nSPS) is 23.2. The predicted octanol–water partition coefficient (Wildman–Crippen LogP) is 7.50. The standard InChI is InChI=1S/C37H31BrN2O3/c1-22(2)21-23-11-13-25(14-12-23)33(41)32-31-20-17-24-7-3-6-10-30(24)40(31)35(34(42)26-15-18-27(38)19-16-26)37(32)28-8-4-5-9-29(28)39-36(37)43/h3-20,22,31-32,35H,21H2,1-2H3,(H,39,43)/t31?,32-,35+,37+/m1/s1. The van der Waals surface area contributed by atoms with Crippen molar-refractivity contribution in [2.24, 2.45) is 11.8 Å². The molecule has 3 aliphatic rings. The van der Waals surface area contributed by atoms with Gasteiger partial charge in [0.05, 0.1) is 12.0 Å². The van der Waals surface area contributed by atoms with Crippen LogP contribution in [0.15, 0.2) is 108 Å². The maximum atomic E-state index is 14.9. The average molecular weight is 632 g/mol. The lowest BCUT2D eigenvalue weighted by Gasteiger charge is -2.37. The van der Waals surface area contributed by atoms with Crippen LogP contribution in [-0.4, -0.2) is 29.6 Å². The van der Waals surface area contributed by atoms with E-state index < -0.39 is 23.4 Å². The van der Waals surface area contributed by atoms with Crippen molar-refractivity contribution in [3.63, 3.8) is 0 Å². The summed E-state index contributed by atoms with van der Waals surface area (Å²) in [6, 6.07) is 28.9. The SMILES string of the molecule is CC(C)Cc1ccc(C(=O)[C@H]2C3C=Cc4ccccc4N3[C@@H](C(=O)c3ccc(Br)cc3)[C@@]23C(=O)Nc2ccccc23)cc1. The van der Waals surface area contributed by atoms with Crippen molar-refractivity contribution < 1.29 is 14.4 Å². The van der Waals surface area contributed by atoms with E-state index in [1.807, 2.05) is 102 Å². The predicted molar refractivity (Wildman–Crippen MR) is 174 cm³/mol. The lowest BCUT2D eigenvalue weighted by molar-refractivity contribution is -0.121. The second-order valence-corrected chi connectivity index (χ2v) is 13.0. The van der Waals surface area contributed by atoms with Gasteiger partial charge in [-0.25, -0.2) is 0 Å². The Bertz CT molecular complexity index is 1790. The largest absolute Gasteiger partial charge is 0.352 e. The van der Waals surface area contributed by atoms with Gasteiger partial charge in [0, 0.05) is 27.0 Å². The maximum absolute atomic E-state index is 14.9. The van der Waals surface area contributed by atoms with Crippen LogP contribution in [0.2, 0.25) is 0 Å². The van der Waals surface area contributed by atoms with Crippen LogP contribution in [0, 0.1) is 11.8 Å². The molecule has 43 heavy (non-hydrogen) atoms. The molecule has 3 heterocycles. The van der Waals surface area contributed by atoms with Crippen molar-refractivity contribution in [1.82, 2.24) is 0 Å². The summed E-state index contributed by atoms with van der Waals surface area (Å²) in [5, 5.41) is 3.07. The smallest absolute Gasteiger partial charge is 0.238 e. The Morgan fingerprint density at radius 1 is 0.860 bits per heavy atom. The number of amides is 1. The molecule has 3 aliphatic heterocycles. The molecule has 1 unspecified atom stereocenters. The third-order valence-corrected chi connectivity index (χ3v) is 9.62. The fourth-order valence-corrected chi connectivity index (χ4v) is 7.63. The highest BCUT2D eigenvalue weighted by Gasteiger charge is 2.70. The van der Waals surface area contributed by atoms with Crippen LogP contribution in [-0.2, 0) is 16.6 Å². The molecule has 4 aromatic rings. The zero-order valence-electron chi connectivity index (χ0n) is 24.0. The number of nitrogens with zero attached hydrogens (tertiary/aromatic N) is 1. The van der Waals surface area contributed by atoms with E-state index >= 15 is 0 Å². The van der Waals surface area contributed by atoms with Gasteiger partial charge in [-0.05, 0) is 53.3 Å². The molecule has 7 rings (SSSR count). The number of benzene rings is 4. The van der Waals surface area contributed by atoms with E-state index in [2.05, 4.69) is 35.1 Å². The number of para-hydroxylation sites is 2. The van der Waals surface area contributed by atoms with Gasteiger partial charge in [-0.2, -0.15) is 0 Å². The molecule has 0 saturated carbocycles. The molecule has 4 atom stereocenters. The Balaban J connectivity index is 1.48. The van der Waals surface area contributed by atoms with Crippen LogP contribution in [0.1, 0.15) is 51.3 Å². The number of Topliss-reactive ketones (excluding diaryl/α,β-unsaturated/α-hetero) is 2. The number of carbonyl (C=O) groups excluding carboxylic acids is 3. The summed E-state index contributed by atoms with van der Waals surface area (Å²) in [5.41, 5.74) is 3.84. The Morgan fingerprint density at radius 2 is 1.51 bits per heavy atom. The first-order chi connectivity index (χ1) is 20.8. The van der Waals surface area contributed by atoms with Crippen molar-refractivity contribution in [3.8, 4) is 0 Å². The second-order valence-electron chi connectivity index (χ2n) is 12.1. The first kappa shape index (κ1) is 27.5. The monoisotopic (exact) mass is 630 g/mol. The summed E-state index contributed by atoms with van der Waals surface area (Å²) >= 11 is 3.48. The zero-order chi connectivity index (χ0) is 29.9. The first-order valence-electron chi connectivity index (χ1n) is 14.7. The van der Waals surface area contributed by atoms with Gasteiger partial charge in [0.1, 0.15) is 11.5 Å². The molecule has 4 aromatic carbocycles. The highest BCUT2D eigenvalue weighted by Crippen LogP contribution is 2.58. The van der Waals surface area contributed by atoms with Gasteiger partial charge in [-0.1, -0.05) is 115 Å². The van der Waals surface area contributed by atoms with E-state index in [0.717, 1.165) is 27.7 Å². The number of halogens is 1. The number of ketones is 2. The van der Waals surface area contributed by atoms with Gasteiger partial charge in [0.2, 0.25) is 5.91 Å². The Kier molecular flexibility index (Phi) is 6.70. The molecule has 0 radical (unpaired) electrons. The van der Waals surface area contributed by atoms with E-state index in [9.17, 15) is 14.4 Å². The topological polar surface area (TPSA) is 66.5 Å². The van der Waals surface area contributed by atoms with Crippen LogP contribution in [0.3, 0.4) is 0 Å². The van der Waals surface area contributed by atoms with Crippen molar-refractivity contribution >= 4 is 50.9 Å². The van der Waals surface area contributed by atoms with Crippen LogP contribution in [0.5, 0.6) is 0 Å². The van der Waals surface area contributed by atoms with Gasteiger partial charge >= 0.3 is 0 Å². The lowest BCUT2D eigenvalue weighted by Crippen LogP contribution is -2.55. The molecule has 5 nitrogen and oxygen atoms in total. The van der Waals surface area contributed by atoms with Gasteiger partial charge in [0.25, 0.3) is 0 Å². The maximum Gasteiger partial charge on any atom is 0.238 e. The van der Waals surface area contributed by atoms with Crippen LogP contribution < -0.4 is 10.2 Å². The minimum atomic E-state index is -1.46. The number of nitrogens with one attached hydrogen (secondary N) is 1.